The number of nitriles is 1. The van der Waals surface area contributed by atoms with Gasteiger partial charge in [-0.05, 0) is 18.5 Å². The van der Waals surface area contributed by atoms with Gasteiger partial charge in [0.25, 0.3) is 5.92 Å². The number of anilines is 1. The first-order valence-corrected chi connectivity index (χ1v) is 13.7. The summed E-state index contributed by atoms with van der Waals surface area (Å²) >= 11 is 6.52. The standard InChI is InChI=1S/C29H27ClF3N7O/c1-39-16-29(32,33)12-19(39)15-41-28-37-26-21(27(38-28)40-11-10-35-18(14-40)8-9-34)13-36-25(24(26)31)20-6-2-4-17-5-3-7-22(30)23(17)20/h2-7,13,18-19,35H,8,10-12,14-16H2,1H3/t18-,19-/m0/s1. The van der Waals surface area contributed by atoms with E-state index in [1.807, 2.05) is 29.2 Å². The molecule has 0 aliphatic carbocycles. The smallest absolute Gasteiger partial charge is 0.319 e. The van der Waals surface area contributed by atoms with Crippen molar-refractivity contribution in [2.45, 2.75) is 30.8 Å². The zero-order valence-corrected chi connectivity index (χ0v) is 23.0. The van der Waals surface area contributed by atoms with E-state index in [2.05, 4.69) is 26.3 Å². The molecule has 4 heterocycles. The minimum Gasteiger partial charge on any atom is -0.462 e. The number of likely N-dealkylation sites (tertiary alicyclic amines) is 1. The average molecular weight is 582 g/mol. The van der Waals surface area contributed by atoms with E-state index < -0.39 is 17.8 Å². The summed E-state index contributed by atoms with van der Waals surface area (Å²) in [5.74, 6) is -3.06. The SMILES string of the molecule is CN1CC(F)(F)C[C@H]1COc1nc(N2CCN[C@@H](CC#N)C2)c2cnc(-c3cccc4cccc(Cl)c34)c(F)c2n1. The summed E-state index contributed by atoms with van der Waals surface area (Å²) in [5.41, 5.74) is 0.588. The van der Waals surface area contributed by atoms with E-state index in [1.165, 1.54) is 11.1 Å². The van der Waals surface area contributed by atoms with Gasteiger partial charge in [0.05, 0.1) is 24.4 Å². The van der Waals surface area contributed by atoms with Crippen LogP contribution in [0.25, 0.3) is 32.9 Å². The molecular formula is C29H27ClF3N7O. The molecule has 12 heteroatoms. The Kier molecular flexibility index (Phi) is 7.32. The van der Waals surface area contributed by atoms with Crippen LogP contribution in [0.3, 0.4) is 0 Å². The van der Waals surface area contributed by atoms with Crippen LogP contribution in [0.15, 0.2) is 42.6 Å². The molecule has 212 valence electrons. The number of pyridine rings is 1. The summed E-state index contributed by atoms with van der Waals surface area (Å²) in [7, 11) is 1.62. The third-order valence-electron chi connectivity index (χ3n) is 7.69. The first kappa shape index (κ1) is 27.4. The molecule has 2 aromatic heterocycles. The maximum absolute atomic E-state index is 16.4. The second-order valence-corrected chi connectivity index (χ2v) is 11.0. The molecular weight excluding hydrogens is 555 g/mol. The Morgan fingerprint density at radius 2 is 2.02 bits per heavy atom. The molecule has 2 saturated heterocycles. The zero-order valence-electron chi connectivity index (χ0n) is 22.2. The Hall–Kier alpha value is -3.72. The van der Waals surface area contributed by atoms with Crippen LogP contribution in [0.1, 0.15) is 12.8 Å². The monoisotopic (exact) mass is 581 g/mol. The summed E-state index contributed by atoms with van der Waals surface area (Å²) < 4.78 is 50.2. The second-order valence-electron chi connectivity index (χ2n) is 10.6. The molecule has 2 aliphatic heterocycles. The summed E-state index contributed by atoms with van der Waals surface area (Å²) in [6.45, 7) is 1.17. The van der Waals surface area contributed by atoms with E-state index in [4.69, 9.17) is 16.3 Å². The maximum Gasteiger partial charge on any atom is 0.319 e. The van der Waals surface area contributed by atoms with Gasteiger partial charge in [-0.2, -0.15) is 15.2 Å². The highest BCUT2D eigenvalue weighted by Gasteiger charge is 2.43. The van der Waals surface area contributed by atoms with Crippen molar-refractivity contribution in [3.05, 3.63) is 53.4 Å². The van der Waals surface area contributed by atoms with E-state index in [0.29, 0.717) is 53.2 Å². The van der Waals surface area contributed by atoms with Gasteiger partial charge in [-0.1, -0.05) is 41.9 Å². The van der Waals surface area contributed by atoms with Crippen LogP contribution >= 0.6 is 11.6 Å². The molecule has 1 N–H and O–H groups in total. The number of halogens is 4. The highest BCUT2D eigenvalue weighted by Crippen LogP contribution is 2.38. The fourth-order valence-corrected chi connectivity index (χ4v) is 5.97. The lowest BCUT2D eigenvalue weighted by Crippen LogP contribution is -2.51. The minimum absolute atomic E-state index is 0.000436. The van der Waals surface area contributed by atoms with Crippen molar-refractivity contribution >= 4 is 39.1 Å². The maximum atomic E-state index is 16.4. The molecule has 0 saturated carbocycles. The lowest BCUT2D eigenvalue weighted by molar-refractivity contribution is 0.0136. The van der Waals surface area contributed by atoms with Crippen molar-refractivity contribution in [1.82, 2.24) is 25.2 Å². The summed E-state index contributed by atoms with van der Waals surface area (Å²) in [4.78, 5) is 17.0. The Labute approximate surface area is 239 Å². The zero-order chi connectivity index (χ0) is 28.7. The number of ether oxygens (including phenoxy) is 1. The number of rotatable bonds is 6. The van der Waals surface area contributed by atoms with Gasteiger partial charge in [0.2, 0.25) is 0 Å². The Bertz CT molecular complexity index is 1660. The van der Waals surface area contributed by atoms with Crippen molar-refractivity contribution in [3.8, 4) is 23.3 Å². The van der Waals surface area contributed by atoms with Gasteiger partial charge in [0.1, 0.15) is 23.6 Å². The predicted octanol–water partition coefficient (Wildman–Crippen LogP) is 5.05. The molecule has 0 bridgehead atoms. The van der Waals surface area contributed by atoms with E-state index in [0.717, 1.165) is 5.39 Å². The first-order valence-electron chi connectivity index (χ1n) is 13.3. The van der Waals surface area contributed by atoms with Crippen molar-refractivity contribution in [1.29, 1.82) is 5.26 Å². The van der Waals surface area contributed by atoms with Crippen molar-refractivity contribution in [3.63, 3.8) is 0 Å². The fraction of sp³-hybridized carbons (Fsp3) is 0.379. The van der Waals surface area contributed by atoms with Gasteiger partial charge in [0, 0.05) is 60.3 Å². The van der Waals surface area contributed by atoms with Crippen LogP contribution in [0.2, 0.25) is 5.02 Å². The summed E-state index contributed by atoms with van der Waals surface area (Å²) in [6, 6.07) is 12.3. The topological polar surface area (TPSA) is 90.2 Å². The first-order chi connectivity index (χ1) is 19.7. The second kappa shape index (κ2) is 10.9. The van der Waals surface area contributed by atoms with Crippen LogP contribution in [-0.4, -0.2) is 77.7 Å². The Morgan fingerprint density at radius 1 is 1.22 bits per heavy atom. The largest absolute Gasteiger partial charge is 0.462 e. The van der Waals surface area contributed by atoms with Crippen molar-refractivity contribution in [2.75, 3.05) is 44.7 Å². The third-order valence-corrected chi connectivity index (χ3v) is 8.00. The van der Waals surface area contributed by atoms with Crippen LogP contribution in [-0.2, 0) is 0 Å². The molecule has 0 spiro atoms. The van der Waals surface area contributed by atoms with Gasteiger partial charge >= 0.3 is 6.01 Å². The highest BCUT2D eigenvalue weighted by molar-refractivity contribution is 6.36. The number of hydrogen-bond acceptors (Lipinski definition) is 8. The van der Waals surface area contributed by atoms with E-state index in [1.54, 1.807) is 19.2 Å². The van der Waals surface area contributed by atoms with Crippen LogP contribution in [0.4, 0.5) is 19.0 Å². The molecule has 0 unspecified atom stereocenters. The van der Waals surface area contributed by atoms with Gasteiger partial charge in [-0.15, -0.1) is 0 Å². The molecule has 0 radical (unpaired) electrons. The average Bonchev–Trinajstić information content (AvgIpc) is 3.23. The molecule has 2 aliphatic rings. The molecule has 0 amide bonds. The van der Waals surface area contributed by atoms with E-state index in [-0.39, 0.29) is 42.8 Å². The Morgan fingerprint density at radius 3 is 2.78 bits per heavy atom. The normalized spacial score (nSPS) is 20.9. The quantitative estimate of drug-likeness (QED) is 0.338. The number of alkyl halides is 2. The number of piperazine rings is 1. The van der Waals surface area contributed by atoms with Gasteiger partial charge in [-0.25, -0.2) is 13.2 Å². The lowest BCUT2D eigenvalue weighted by atomic mass is 10.0. The molecule has 2 aromatic carbocycles. The Balaban J connectivity index is 1.45. The highest BCUT2D eigenvalue weighted by atomic mass is 35.5. The lowest BCUT2D eigenvalue weighted by Gasteiger charge is -2.34. The minimum atomic E-state index is -2.80. The van der Waals surface area contributed by atoms with Crippen LogP contribution in [0.5, 0.6) is 6.01 Å². The molecule has 2 fully saturated rings. The molecule has 41 heavy (non-hydrogen) atoms. The van der Waals surface area contributed by atoms with Gasteiger partial charge in [-0.3, -0.25) is 9.88 Å². The van der Waals surface area contributed by atoms with Crippen LogP contribution in [0, 0.1) is 17.1 Å². The molecule has 4 aromatic rings. The van der Waals surface area contributed by atoms with Crippen molar-refractivity contribution < 1.29 is 17.9 Å². The molecule has 8 nitrogen and oxygen atoms in total. The van der Waals surface area contributed by atoms with Gasteiger partial charge in [0.15, 0.2) is 5.82 Å². The number of hydrogen-bond donors (Lipinski definition) is 1. The molecule has 6 rings (SSSR count). The van der Waals surface area contributed by atoms with E-state index in [9.17, 15) is 14.0 Å². The number of benzene rings is 2. The fourth-order valence-electron chi connectivity index (χ4n) is 5.69. The van der Waals surface area contributed by atoms with E-state index >= 15 is 4.39 Å². The van der Waals surface area contributed by atoms with Crippen LogP contribution < -0.4 is 15.0 Å². The third kappa shape index (κ3) is 5.35. The number of fused-ring (bicyclic) bond motifs is 2. The predicted molar refractivity (Wildman–Crippen MR) is 151 cm³/mol. The number of nitrogens with zero attached hydrogens (tertiary/aromatic N) is 6. The summed E-state index contributed by atoms with van der Waals surface area (Å²) in [5, 5.41) is 14.9. The number of nitrogens with one attached hydrogen (secondary N) is 1. The summed E-state index contributed by atoms with van der Waals surface area (Å²) in [6.07, 6.45) is 1.49. The number of aromatic nitrogens is 3. The van der Waals surface area contributed by atoms with Crippen molar-refractivity contribution in [2.24, 2.45) is 0 Å². The number of likely N-dealkylation sites (N-methyl/N-ethyl adjacent to an activating group) is 1. The van der Waals surface area contributed by atoms with Gasteiger partial charge < -0.3 is 15.0 Å². The molecule has 2 atom stereocenters.